The Morgan fingerprint density at radius 2 is 1.07 bits per heavy atom. The molecule has 1 spiro atoms. The maximum absolute atomic E-state index is 2.79. The highest BCUT2D eigenvalue weighted by Crippen LogP contribution is 2.71. The Morgan fingerprint density at radius 1 is 0.466 bits per heavy atom. The van der Waals surface area contributed by atoms with Gasteiger partial charge in [-0.3, -0.25) is 0 Å². The van der Waals surface area contributed by atoms with Crippen molar-refractivity contribution in [2.24, 2.45) is 23.7 Å². The number of anilines is 3. The monoisotopic (exact) mass is 755 g/mol. The van der Waals surface area contributed by atoms with Crippen LogP contribution in [0.3, 0.4) is 0 Å². The third kappa shape index (κ3) is 4.54. The zero-order valence-electron chi connectivity index (χ0n) is 35.3. The molecule has 4 saturated carbocycles. The molecule has 0 amide bonds. The lowest BCUT2D eigenvalue weighted by atomic mass is 9.43. The number of benzene rings is 6. The Morgan fingerprint density at radius 3 is 1.81 bits per heavy atom. The van der Waals surface area contributed by atoms with Crippen LogP contribution in [0.4, 0.5) is 17.1 Å². The summed E-state index contributed by atoms with van der Waals surface area (Å²) < 4.78 is 0. The van der Waals surface area contributed by atoms with Crippen molar-refractivity contribution in [3.05, 3.63) is 161 Å². The van der Waals surface area contributed by atoms with E-state index >= 15 is 0 Å². The molecule has 0 unspecified atom stereocenters. The van der Waals surface area contributed by atoms with Gasteiger partial charge < -0.3 is 4.90 Å². The summed E-state index contributed by atoms with van der Waals surface area (Å²) in [6, 6.07) is 50.1. The van der Waals surface area contributed by atoms with Crippen LogP contribution in [0.1, 0.15) is 120 Å². The third-order valence-electron chi connectivity index (χ3n) is 16.9. The van der Waals surface area contributed by atoms with Gasteiger partial charge >= 0.3 is 0 Å². The lowest BCUT2D eigenvalue weighted by Gasteiger charge is -2.61. The quantitative estimate of drug-likeness (QED) is 0.173. The van der Waals surface area contributed by atoms with Crippen LogP contribution >= 0.6 is 0 Å². The average molecular weight is 756 g/mol. The van der Waals surface area contributed by atoms with Crippen LogP contribution in [0.15, 0.2) is 127 Å². The van der Waals surface area contributed by atoms with E-state index in [4.69, 9.17) is 0 Å². The zero-order valence-corrected chi connectivity index (χ0v) is 35.3. The Balaban J connectivity index is 1.21. The average Bonchev–Trinajstić information content (AvgIpc) is 3.65. The van der Waals surface area contributed by atoms with Gasteiger partial charge in [0.25, 0.3) is 0 Å². The van der Waals surface area contributed by atoms with E-state index in [9.17, 15) is 0 Å². The molecule has 58 heavy (non-hydrogen) atoms. The summed E-state index contributed by atoms with van der Waals surface area (Å²) in [4.78, 5) is 2.79. The van der Waals surface area contributed by atoms with Gasteiger partial charge in [-0.15, -0.1) is 0 Å². The van der Waals surface area contributed by atoms with Gasteiger partial charge in [-0.1, -0.05) is 151 Å². The van der Waals surface area contributed by atoms with Crippen LogP contribution in [-0.2, 0) is 21.7 Å². The molecule has 6 aromatic carbocycles. The second-order valence-corrected chi connectivity index (χ2v) is 21.2. The Kier molecular flexibility index (Phi) is 7.18. The fraction of sp³-hybridized carbons (Fsp3) is 0.368. The molecule has 1 nitrogen and oxygen atoms in total. The lowest BCUT2D eigenvalue weighted by molar-refractivity contribution is -0.0399. The predicted molar refractivity (Wildman–Crippen MR) is 243 cm³/mol. The molecule has 13 rings (SSSR count). The molecule has 4 fully saturated rings. The van der Waals surface area contributed by atoms with Crippen molar-refractivity contribution in [2.45, 2.75) is 108 Å². The number of hydrogen-bond acceptors (Lipinski definition) is 1. The highest BCUT2D eigenvalue weighted by atomic mass is 15.2. The highest BCUT2D eigenvalue weighted by Gasteiger charge is 2.62. The van der Waals surface area contributed by atoms with Gasteiger partial charge in [0.1, 0.15) is 0 Å². The second kappa shape index (κ2) is 11.9. The van der Waals surface area contributed by atoms with Crippen LogP contribution in [0.2, 0.25) is 0 Å². The number of nitrogens with zero attached hydrogens (tertiary/aromatic N) is 1. The summed E-state index contributed by atoms with van der Waals surface area (Å²) in [5.74, 6) is 3.23. The summed E-state index contributed by atoms with van der Waals surface area (Å²) >= 11 is 0. The van der Waals surface area contributed by atoms with E-state index in [1.807, 2.05) is 0 Å². The molecule has 1 heteroatoms. The van der Waals surface area contributed by atoms with Gasteiger partial charge in [0.15, 0.2) is 0 Å². The summed E-state index contributed by atoms with van der Waals surface area (Å²) in [6.07, 6.45) is 9.37. The molecule has 6 aromatic rings. The number of rotatable bonds is 4. The summed E-state index contributed by atoms with van der Waals surface area (Å²) in [6.45, 7) is 14.8. The van der Waals surface area contributed by atoms with Gasteiger partial charge in [0.05, 0.1) is 11.4 Å². The predicted octanol–water partition coefficient (Wildman–Crippen LogP) is 15.2. The first-order valence-electron chi connectivity index (χ1n) is 22.5. The van der Waals surface area contributed by atoms with Crippen molar-refractivity contribution in [1.29, 1.82) is 0 Å². The van der Waals surface area contributed by atoms with Crippen LogP contribution in [0.25, 0.3) is 33.4 Å². The Bertz CT molecular complexity index is 2640. The minimum Gasteiger partial charge on any atom is -0.309 e. The van der Waals surface area contributed by atoms with E-state index in [-0.39, 0.29) is 21.7 Å². The lowest BCUT2D eigenvalue weighted by Crippen LogP contribution is -2.55. The highest BCUT2D eigenvalue weighted by molar-refractivity contribution is 6.03. The molecule has 290 valence electrons. The first-order valence-corrected chi connectivity index (χ1v) is 22.5. The molecule has 0 saturated heterocycles. The van der Waals surface area contributed by atoms with E-state index in [1.165, 1.54) is 118 Å². The largest absolute Gasteiger partial charge is 0.309 e. The number of hydrogen-bond donors (Lipinski definition) is 0. The molecule has 0 heterocycles. The summed E-state index contributed by atoms with van der Waals surface area (Å²) in [7, 11) is 0. The third-order valence-corrected chi connectivity index (χ3v) is 16.9. The van der Waals surface area contributed by atoms with Crippen molar-refractivity contribution >= 4 is 17.1 Å². The van der Waals surface area contributed by atoms with Gasteiger partial charge in [0.2, 0.25) is 0 Å². The molecule has 0 radical (unpaired) electrons. The van der Waals surface area contributed by atoms with Gasteiger partial charge in [0, 0.05) is 27.6 Å². The first-order chi connectivity index (χ1) is 28.0. The topological polar surface area (TPSA) is 3.24 Å². The minimum atomic E-state index is -0.108. The molecule has 0 aromatic heterocycles. The summed E-state index contributed by atoms with van der Waals surface area (Å²) in [5.41, 5.74) is 21.5. The fourth-order valence-corrected chi connectivity index (χ4v) is 14.4. The molecule has 7 aliphatic carbocycles. The maximum atomic E-state index is 2.79. The molecule has 4 bridgehead atoms. The fourth-order valence-electron chi connectivity index (χ4n) is 14.4. The van der Waals surface area contributed by atoms with Crippen molar-refractivity contribution in [3.8, 4) is 33.4 Å². The Labute approximate surface area is 346 Å². The molecular weight excluding hydrogens is 699 g/mol. The first kappa shape index (κ1) is 35.1. The Hall–Kier alpha value is -4.88. The van der Waals surface area contributed by atoms with Crippen LogP contribution in [-0.4, -0.2) is 0 Å². The number of fused-ring (bicyclic) bond motifs is 7. The normalized spacial score (nSPS) is 26.8. The van der Waals surface area contributed by atoms with Crippen LogP contribution in [0.5, 0.6) is 0 Å². The molecular formula is C57H57N. The SMILES string of the molecule is CC1(C)CCC(C)(C)c2c(N(c3ccc4c(c3)C(C)(C)c3ccccc3-4)c3c(-c4ccccc4)ccc4c3-c3ccccc3C43C4CC5CC(C4)CC3C5)cccc21. The van der Waals surface area contributed by atoms with Crippen LogP contribution < -0.4 is 4.90 Å². The van der Waals surface area contributed by atoms with Gasteiger partial charge in [-0.25, -0.2) is 0 Å². The smallest absolute Gasteiger partial charge is 0.0621 e. The van der Waals surface area contributed by atoms with E-state index in [2.05, 4.69) is 174 Å². The standard InChI is InChI=1S/C57H57N/c1-54(2)27-28-55(3,4)52-48(54)21-14-22-50(52)58(40-23-24-43-42-17-10-12-19-45(42)56(5,6)49(43)34-40)53-41(37-15-8-7-9-16-37)25-26-47-51(53)44-18-11-13-20-46(44)57(47)38-30-35-29-36(32-38)33-39(57)31-35/h7-26,34-36,38-39H,27-33H2,1-6H3. The van der Waals surface area contributed by atoms with E-state index in [0.29, 0.717) is 11.8 Å². The molecule has 0 aliphatic heterocycles. The maximum Gasteiger partial charge on any atom is 0.0621 e. The van der Waals surface area contributed by atoms with Crippen molar-refractivity contribution in [1.82, 2.24) is 0 Å². The van der Waals surface area contributed by atoms with E-state index in [0.717, 1.165) is 11.8 Å². The zero-order chi connectivity index (χ0) is 39.3. The molecule has 7 aliphatic rings. The van der Waals surface area contributed by atoms with Crippen molar-refractivity contribution < 1.29 is 0 Å². The minimum absolute atomic E-state index is 0.0113. The van der Waals surface area contributed by atoms with Crippen molar-refractivity contribution in [2.75, 3.05) is 4.90 Å². The van der Waals surface area contributed by atoms with E-state index < -0.39 is 0 Å². The van der Waals surface area contributed by atoms with E-state index in [1.54, 1.807) is 11.1 Å². The van der Waals surface area contributed by atoms with Crippen LogP contribution in [0, 0.1) is 23.7 Å². The summed E-state index contributed by atoms with van der Waals surface area (Å²) in [5, 5.41) is 0. The molecule has 0 N–H and O–H groups in total. The second-order valence-electron chi connectivity index (χ2n) is 21.2. The van der Waals surface area contributed by atoms with Gasteiger partial charge in [-0.2, -0.15) is 0 Å². The van der Waals surface area contributed by atoms with Gasteiger partial charge in [-0.05, 0) is 153 Å². The molecule has 0 atom stereocenters. The van der Waals surface area contributed by atoms with Crippen molar-refractivity contribution in [3.63, 3.8) is 0 Å².